The van der Waals surface area contributed by atoms with E-state index in [0.717, 1.165) is 34.8 Å². The van der Waals surface area contributed by atoms with Crippen LogP contribution in [0.15, 0.2) is 53.1 Å². The van der Waals surface area contributed by atoms with E-state index in [1.165, 1.54) is 0 Å². The Morgan fingerprint density at radius 1 is 1.17 bits per heavy atom. The molecular weight excluding hydrogens is 380 g/mol. The van der Waals surface area contributed by atoms with Gasteiger partial charge in [0.15, 0.2) is 6.61 Å². The van der Waals surface area contributed by atoms with Crippen molar-refractivity contribution in [2.24, 2.45) is 0 Å². The second-order valence-corrected chi connectivity index (χ2v) is 7.47. The molecule has 0 spiro atoms. The van der Waals surface area contributed by atoms with E-state index in [-0.39, 0.29) is 12.5 Å². The number of aromatic nitrogens is 1. The van der Waals surface area contributed by atoms with E-state index in [0.29, 0.717) is 18.0 Å². The molecule has 0 bridgehead atoms. The molecule has 1 amide bonds. The van der Waals surface area contributed by atoms with Crippen molar-refractivity contribution < 1.29 is 18.7 Å². The molecule has 2 aromatic heterocycles. The molecule has 0 aliphatic carbocycles. The van der Waals surface area contributed by atoms with E-state index in [1.807, 2.05) is 54.8 Å². The van der Waals surface area contributed by atoms with Crippen molar-refractivity contribution in [2.75, 3.05) is 11.9 Å². The fraction of sp³-hybridized carbons (Fsp3) is 0.333. The monoisotopic (exact) mass is 408 g/mol. The van der Waals surface area contributed by atoms with E-state index in [9.17, 15) is 9.59 Å². The largest absolute Gasteiger partial charge is 0.467 e. The first-order chi connectivity index (χ1) is 14.4. The zero-order valence-electron chi connectivity index (χ0n) is 17.9. The van der Waals surface area contributed by atoms with Gasteiger partial charge in [-0.15, -0.1) is 0 Å². The molecule has 0 aliphatic heterocycles. The fourth-order valence-corrected chi connectivity index (χ4v) is 3.47. The van der Waals surface area contributed by atoms with Gasteiger partial charge in [-0.05, 0) is 56.0 Å². The summed E-state index contributed by atoms with van der Waals surface area (Å²) in [5, 5.41) is 2.86. The first-order valence-corrected chi connectivity index (χ1v) is 10.2. The molecule has 1 N–H and O–H groups in total. The number of para-hydroxylation sites is 1. The third-order valence-corrected chi connectivity index (χ3v) is 5.40. The van der Waals surface area contributed by atoms with Gasteiger partial charge in [0.1, 0.15) is 5.76 Å². The van der Waals surface area contributed by atoms with Crippen LogP contribution < -0.4 is 5.32 Å². The Bertz CT molecular complexity index is 1020. The normalized spacial score (nSPS) is 11.9. The fourth-order valence-electron chi connectivity index (χ4n) is 3.47. The number of amides is 1. The summed E-state index contributed by atoms with van der Waals surface area (Å²) in [6.07, 6.45) is 2.59. The van der Waals surface area contributed by atoms with Crippen molar-refractivity contribution in [3.05, 3.63) is 77.0 Å². The molecule has 0 fully saturated rings. The molecule has 6 heteroatoms. The molecule has 158 valence electrons. The lowest BCUT2D eigenvalue weighted by molar-refractivity contribution is -0.119. The van der Waals surface area contributed by atoms with Crippen LogP contribution in [0.2, 0.25) is 0 Å². The lowest BCUT2D eigenvalue weighted by Gasteiger charge is -2.15. The van der Waals surface area contributed by atoms with E-state index in [4.69, 9.17) is 9.15 Å². The van der Waals surface area contributed by atoms with E-state index >= 15 is 0 Å². The quantitative estimate of drug-likeness (QED) is 0.529. The molecule has 0 aliphatic rings. The molecule has 0 radical (unpaired) electrons. The van der Waals surface area contributed by atoms with E-state index in [2.05, 4.69) is 19.2 Å². The van der Waals surface area contributed by atoms with Gasteiger partial charge in [0, 0.05) is 17.1 Å². The predicted molar refractivity (Wildman–Crippen MR) is 116 cm³/mol. The van der Waals surface area contributed by atoms with Crippen LogP contribution in [-0.4, -0.2) is 23.1 Å². The number of aryl methyl sites for hydroxylation is 1. The lowest BCUT2D eigenvalue weighted by Crippen LogP contribution is -2.22. The zero-order valence-corrected chi connectivity index (χ0v) is 17.9. The van der Waals surface area contributed by atoms with Gasteiger partial charge in [0.05, 0.1) is 18.4 Å². The van der Waals surface area contributed by atoms with Crippen LogP contribution in [-0.2, 0) is 16.1 Å². The third kappa shape index (κ3) is 4.82. The predicted octanol–water partition coefficient (Wildman–Crippen LogP) is 5.06. The Hall–Kier alpha value is -3.28. The van der Waals surface area contributed by atoms with Gasteiger partial charge in [-0.1, -0.05) is 32.0 Å². The average molecular weight is 408 g/mol. The number of ether oxygens (including phenoxy) is 1. The second-order valence-electron chi connectivity index (χ2n) is 7.47. The molecule has 2 heterocycles. The number of esters is 1. The summed E-state index contributed by atoms with van der Waals surface area (Å²) in [5.74, 6) is 0.252. The SMILES string of the molecule is CC[C@H](C)c1ccccc1NC(=O)COC(=O)c1cc(C)n(Cc2ccco2)c1C. The van der Waals surface area contributed by atoms with E-state index in [1.54, 1.807) is 12.3 Å². The lowest BCUT2D eigenvalue weighted by atomic mass is 9.97. The maximum Gasteiger partial charge on any atom is 0.340 e. The highest BCUT2D eigenvalue weighted by atomic mass is 16.5. The van der Waals surface area contributed by atoms with Crippen LogP contribution in [0.25, 0.3) is 0 Å². The highest BCUT2D eigenvalue weighted by Crippen LogP contribution is 2.26. The summed E-state index contributed by atoms with van der Waals surface area (Å²) in [6, 6.07) is 13.2. The summed E-state index contributed by atoms with van der Waals surface area (Å²) < 4.78 is 12.7. The number of carbonyl (C=O) groups is 2. The third-order valence-electron chi connectivity index (χ3n) is 5.40. The van der Waals surface area contributed by atoms with Gasteiger partial charge >= 0.3 is 5.97 Å². The van der Waals surface area contributed by atoms with Gasteiger partial charge in [-0.3, -0.25) is 4.79 Å². The maximum atomic E-state index is 12.6. The van der Waals surface area contributed by atoms with Crippen molar-refractivity contribution in [1.82, 2.24) is 4.57 Å². The minimum absolute atomic E-state index is 0.323. The average Bonchev–Trinajstić information content (AvgIpc) is 3.35. The van der Waals surface area contributed by atoms with Crippen molar-refractivity contribution in [1.29, 1.82) is 0 Å². The molecule has 0 unspecified atom stereocenters. The Kier molecular flexibility index (Phi) is 6.77. The van der Waals surface area contributed by atoms with Gasteiger partial charge in [-0.25, -0.2) is 4.79 Å². The Balaban J connectivity index is 1.63. The minimum Gasteiger partial charge on any atom is -0.467 e. The van der Waals surface area contributed by atoms with Gasteiger partial charge < -0.3 is 19.0 Å². The molecule has 6 nitrogen and oxygen atoms in total. The number of furan rings is 1. The number of rotatable bonds is 8. The van der Waals surface area contributed by atoms with Crippen molar-refractivity contribution in [2.45, 2.75) is 46.6 Å². The number of nitrogens with zero attached hydrogens (tertiary/aromatic N) is 1. The van der Waals surface area contributed by atoms with Crippen molar-refractivity contribution in [3.63, 3.8) is 0 Å². The van der Waals surface area contributed by atoms with Crippen molar-refractivity contribution >= 4 is 17.6 Å². The molecule has 1 aromatic carbocycles. The molecule has 1 atom stereocenters. The number of anilines is 1. The molecule has 3 aromatic rings. The van der Waals surface area contributed by atoms with Crippen LogP contribution in [0.3, 0.4) is 0 Å². The number of hydrogen-bond acceptors (Lipinski definition) is 4. The zero-order chi connectivity index (χ0) is 21.7. The first-order valence-electron chi connectivity index (χ1n) is 10.2. The molecule has 0 saturated heterocycles. The molecule has 3 rings (SSSR count). The summed E-state index contributed by atoms with van der Waals surface area (Å²) in [4.78, 5) is 24.9. The first kappa shape index (κ1) is 21.4. The Morgan fingerprint density at radius 3 is 2.63 bits per heavy atom. The van der Waals surface area contributed by atoms with Crippen LogP contribution in [0, 0.1) is 13.8 Å². The van der Waals surface area contributed by atoms with Gasteiger partial charge in [0.2, 0.25) is 0 Å². The summed E-state index contributed by atoms with van der Waals surface area (Å²) >= 11 is 0. The smallest absolute Gasteiger partial charge is 0.340 e. The van der Waals surface area contributed by atoms with E-state index < -0.39 is 5.97 Å². The minimum atomic E-state index is -0.515. The number of carbonyl (C=O) groups excluding carboxylic acids is 2. The molecule has 30 heavy (non-hydrogen) atoms. The highest BCUT2D eigenvalue weighted by molar-refractivity contribution is 5.96. The van der Waals surface area contributed by atoms with Crippen LogP contribution in [0.4, 0.5) is 5.69 Å². The van der Waals surface area contributed by atoms with Crippen LogP contribution >= 0.6 is 0 Å². The molecule has 0 saturated carbocycles. The van der Waals surface area contributed by atoms with Crippen LogP contribution in [0.5, 0.6) is 0 Å². The number of hydrogen-bond donors (Lipinski definition) is 1. The second kappa shape index (κ2) is 9.48. The van der Waals surface area contributed by atoms with Crippen molar-refractivity contribution in [3.8, 4) is 0 Å². The standard InChI is InChI=1S/C24H28N2O4/c1-5-16(2)20-10-6-7-11-22(20)25-23(27)15-30-24(28)21-13-17(3)26(18(21)4)14-19-9-8-12-29-19/h6-13,16H,5,14-15H2,1-4H3,(H,25,27)/t16-/m0/s1. The Labute approximate surface area is 176 Å². The number of nitrogens with one attached hydrogen (secondary N) is 1. The topological polar surface area (TPSA) is 73.5 Å². The van der Waals surface area contributed by atoms with Gasteiger partial charge in [0.25, 0.3) is 5.91 Å². The summed E-state index contributed by atoms with van der Waals surface area (Å²) in [6.45, 7) is 8.19. The maximum absolute atomic E-state index is 12.6. The summed E-state index contributed by atoms with van der Waals surface area (Å²) in [5.41, 5.74) is 3.97. The Morgan fingerprint density at radius 2 is 1.93 bits per heavy atom. The molecular formula is C24H28N2O4. The number of benzene rings is 1. The van der Waals surface area contributed by atoms with Crippen LogP contribution in [0.1, 0.15) is 59.3 Å². The summed E-state index contributed by atoms with van der Waals surface area (Å²) in [7, 11) is 0. The highest BCUT2D eigenvalue weighted by Gasteiger charge is 2.19. The van der Waals surface area contributed by atoms with Gasteiger partial charge in [-0.2, -0.15) is 0 Å².